The van der Waals surface area contributed by atoms with Gasteiger partial charge in [-0.15, -0.1) is 0 Å². The zero-order valence-electron chi connectivity index (χ0n) is 11.1. The molecule has 1 saturated carbocycles. The van der Waals surface area contributed by atoms with E-state index in [9.17, 15) is 8.42 Å². The third-order valence-corrected chi connectivity index (χ3v) is 5.77. The number of aromatic nitrogens is 2. The van der Waals surface area contributed by atoms with Gasteiger partial charge < -0.3 is 4.52 Å². The first-order chi connectivity index (χ1) is 9.06. The fourth-order valence-electron chi connectivity index (χ4n) is 2.61. The largest absolute Gasteiger partial charge is 0.338 e. The summed E-state index contributed by atoms with van der Waals surface area (Å²) in [6.45, 7) is 2.31. The fourth-order valence-corrected chi connectivity index (χ4v) is 4.46. The second kappa shape index (κ2) is 4.86. The Labute approximate surface area is 113 Å². The summed E-state index contributed by atoms with van der Waals surface area (Å²) in [7, 11) is -3.20. The van der Waals surface area contributed by atoms with Gasteiger partial charge in [-0.1, -0.05) is 18.0 Å². The van der Waals surface area contributed by atoms with Crippen molar-refractivity contribution < 1.29 is 12.9 Å². The average molecular weight is 285 g/mol. The number of nitrogens with zero attached hydrogens (tertiary/aromatic N) is 3. The molecular weight excluding hydrogens is 266 g/mol. The van der Waals surface area contributed by atoms with E-state index in [-0.39, 0.29) is 11.8 Å². The minimum absolute atomic E-state index is 0.251. The van der Waals surface area contributed by atoms with Crippen LogP contribution in [0.3, 0.4) is 0 Å². The summed E-state index contributed by atoms with van der Waals surface area (Å²) in [4.78, 5) is 4.18. The molecule has 1 unspecified atom stereocenters. The highest BCUT2D eigenvalue weighted by atomic mass is 32.2. The van der Waals surface area contributed by atoms with Crippen molar-refractivity contribution in [3.8, 4) is 0 Å². The quantitative estimate of drug-likeness (QED) is 0.822. The van der Waals surface area contributed by atoms with Gasteiger partial charge in [-0.05, 0) is 32.1 Å². The van der Waals surface area contributed by atoms with Gasteiger partial charge in [-0.3, -0.25) is 0 Å². The van der Waals surface area contributed by atoms with Gasteiger partial charge in [-0.25, -0.2) is 8.42 Å². The second-order valence-electron chi connectivity index (χ2n) is 5.50. The molecule has 0 N–H and O–H groups in total. The summed E-state index contributed by atoms with van der Waals surface area (Å²) in [5.41, 5.74) is 0. The van der Waals surface area contributed by atoms with Crippen molar-refractivity contribution in [2.24, 2.45) is 5.92 Å². The van der Waals surface area contributed by atoms with E-state index >= 15 is 0 Å². The summed E-state index contributed by atoms with van der Waals surface area (Å²) >= 11 is 0. The Hall–Kier alpha value is -0.950. The van der Waals surface area contributed by atoms with E-state index in [4.69, 9.17) is 4.52 Å². The molecule has 7 heteroatoms. The van der Waals surface area contributed by atoms with Gasteiger partial charge >= 0.3 is 0 Å². The first-order valence-electron chi connectivity index (χ1n) is 6.86. The molecule has 2 aliphatic rings. The Morgan fingerprint density at radius 1 is 1.37 bits per heavy atom. The summed E-state index contributed by atoms with van der Waals surface area (Å²) in [6, 6.07) is -0.259. The SMILES string of the molecule is Cc1noc(C2CCCN2S(=O)(=O)CCC2CC2)n1. The van der Waals surface area contributed by atoms with Crippen LogP contribution in [0.2, 0.25) is 0 Å². The topological polar surface area (TPSA) is 76.3 Å². The molecule has 2 heterocycles. The second-order valence-corrected chi connectivity index (χ2v) is 7.54. The lowest BCUT2D eigenvalue weighted by atomic mass is 10.2. The molecule has 0 spiro atoms. The molecule has 1 atom stereocenters. The molecule has 0 radical (unpaired) electrons. The molecule has 3 rings (SSSR count). The maximum absolute atomic E-state index is 12.4. The molecule has 0 aromatic carbocycles. The molecule has 1 aromatic rings. The van der Waals surface area contributed by atoms with Crippen LogP contribution in [0.15, 0.2) is 4.52 Å². The molecule has 1 aromatic heterocycles. The van der Waals surface area contributed by atoms with Crippen LogP contribution in [0, 0.1) is 12.8 Å². The van der Waals surface area contributed by atoms with Crippen molar-refractivity contribution in [2.75, 3.05) is 12.3 Å². The predicted octanol–water partition coefficient (Wildman–Crippen LogP) is 1.64. The van der Waals surface area contributed by atoms with Gasteiger partial charge in [0.25, 0.3) is 0 Å². The van der Waals surface area contributed by atoms with Crippen LogP contribution < -0.4 is 0 Å². The summed E-state index contributed by atoms with van der Waals surface area (Å²) in [5.74, 6) is 1.87. The summed E-state index contributed by atoms with van der Waals surface area (Å²) in [6.07, 6.45) is 4.77. The molecule has 0 bridgehead atoms. The minimum atomic E-state index is -3.20. The van der Waals surface area contributed by atoms with E-state index in [0.29, 0.717) is 24.2 Å². The van der Waals surface area contributed by atoms with Crippen molar-refractivity contribution in [1.82, 2.24) is 14.4 Å². The molecular formula is C12H19N3O3S. The van der Waals surface area contributed by atoms with Crippen molar-refractivity contribution in [2.45, 2.75) is 45.1 Å². The number of rotatable bonds is 5. The Balaban J connectivity index is 1.74. The van der Waals surface area contributed by atoms with Crippen molar-refractivity contribution in [3.63, 3.8) is 0 Å². The zero-order chi connectivity index (χ0) is 13.5. The Kier molecular flexibility index (Phi) is 3.34. The molecule has 1 saturated heterocycles. The van der Waals surface area contributed by atoms with E-state index < -0.39 is 10.0 Å². The third kappa shape index (κ3) is 2.81. The first-order valence-corrected chi connectivity index (χ1v) is 8.47. The lowest BCUT2D eigenvalue weighted by Gasteiger charge is -2.21. The van der Waals surface area contributed by atoms with Gasteiger partial charge in [0.05, 0.1) is 5.75 Å². The highest BCUT2D eigenvalue weighted by molar-refractivity contribution is 7.89. The first kappa shape index (κ1) is 13.1. The molecule has 106 valence electrons. The molecule has 6 nitrogen and oxygen atoms in total. The van der Waals surface area contributed by atoms with Crippen LogP contribution in [0.4, 0.5) is 0 Å². The predicted molar refractivity (Wildman–Crippen MR) is 68.8 cm³/mol. The summed E-state index contributed by atoms with van der Waals surface area (Å²) in [5, 5.41) is 3.75. The van der Waals surface area contributed by atoms with Crippen LogP contribution in [-0.4, -0.2) is 35.2 Å². The van der Waals surface area contributed by atoms with Gasteiger partial charge in [0.1, 0.15) is 6.04 Å². The normalized spacial score (nSPS) is 25.0. The van der Waals surface area contributed by atoms with E-state index in [1.807, 2.05) is 0 Å². The Morgan fingerprint density at radius 3 is 2.79 bits per heavy atom. The van der Waals surface area contributed by atoms with Crippen molar-refractivity contribution in [1.29, 1.82) is 0 Å². The number of hydrogen-bond acceptors (Lipinski definition) is 5. The van der Waals surface area contributed by atoms with Crippen LogP contribution >= 0.6 is 0 Å². The lowest BCUT2D eigenvalue weighted by molar-refractivity contribution is 0.289. The monoisotopic (exact) mass is 285 g/mol. The lowest BCUT2D eigenvalue weighted by Crippen LogP contribution is -2.33. The van der Waals surface area contributed by atoms with Crippen LogP contribution in [0.25, 0.3) is 0 Å². The standard InChI is InChI=1S/C12H19N3O3S/c1-9-13-12(18-14-9)11-3-2-7-15(11)19(16,17)8-6-10-4-5-10/h10-11H,2-8H2,1H3. The van der Waals surface area contributed by atoms with E-state index in [0.717, 1.165) is 19.3 Å². The van der Waals surface area contributed by atoms with Gasteiger partial charge in [-0.2, -0.15) is 9.29 Å². The number of sulfonamides is 1. The van der Waals surface area contributed by atoms with E-state index in [2.05, 4.69) is 10.1 Å². The number of hydrogen-bond donors (Lipinski definition) is 0. The highest BCUT2D eigenvalue weighted by Crippen LogP contribution is 2.36. The van der Waals surface area contributed by atoms with E-state index in [1.165, 1.54) is 12.8 Å². The third-order valence-electron chi connectivity index (χ3n) is 3.87. The molecule has 0 amide bonds. The maximum atomic E-state index is 12.4. The highest BCUT2D eigenvalue weighted by Gasteiger charge is 2.38. The molecule has 2 fully saturated rings. The Bertz CT molecular complexity index is 550. The average Bonchev–Trinajstić information content (AvgIpc) is 2.87. The van der Waals surface area contributed by atoms with E-state index in [1.54, 1.807) is 11.2 Å². The van der Waals surface area contributed by atoms with Crippen molar-refractivity contribution in [3.05, 3.63) is 11.7 Å². The fraction of sp³-hybridized carbons (Fsp3) is 0.833. The van der Waals surface area contributed by atoms with Crippen LogP contribution in [-0.2, 0) is 10.0 Å². The Morgan fingerprint density at radius 2 is 2.16 bits per heavy atom. The van der Waals surface area contributed by atoms with Gasteiger partial charge in [0.2, 0.25) is 15.9 Å². The van der Waals surface area contributed by atoms with Crippen molar-refractivity contribution >= 4 is 10.0 Å². The smallest absolute Gasteiger partial charge is 0.245 e. The van der Waals surface area contributed by atoms with Gasteiger partial charge in [0, 0.05) is 6.54 Å². The minimum Gasteiger partial charge on any atom is -0.338 e. The summed E-state index contributed by atoms with van der Waals surface area (Å²) < 4.78 is 31.5. The van der Waals surface area contributed by atoms with Crippen LogP contribution in [0.5, 0.6) is 0 Å². The molecule has 19 heavy (non-hydrogen) atoms. The zero-order valence-corrected chi connectivity index (χ0v) is 11.9. The number of aryl methyl sites for hydroxylation is 1. The van der Waals surface area contributed by atoms with Crippen LogP contribution in [0.1, 0.15) is 49.9 Å². The van der Waals surface area contributed by atoms with Gasteiger partial charge in [0.15, 0.2) is 5.82 Å². The maximum Gasteiger partial charge on any atom is 0.245 e. The molecule has 1 aliphatic carbocycles. The molecule has 1 aliphatic heterocycles.